The number of para-hydroxylation sites is 1. The van der Waals surface area contributed by atoms with Crippen LogP contribution in [0.1, 0.15) is 19.3 Å². The third-order valence-corrected chi connectivity index (χ3v) is 3.67. The lowest BCUT2D eigenvalue weighted by molar-refractivity contribution is -0.118. The van der Waals surface area contributed by atoms with E-state index in [2.05, 4.69) is 20.2 Å². The van der Waals surface area contributed by atoms with Gasteiger partial charge in [0, 0.05) is 13.1 Å². The van der Waals surface area contributed by atoms with Gasteiger partial charge in [-0.3, -0.25) is 4.79 Å². The Labute approximate surface area is 135 Å². The molecule has 6 nitrogen and oxygen atoms in total. The zero-order chi connectivity index (χ0) is 15.9. The number of benzene rings is 1. The molecular formula is C17H20N4O2. The molecule has 1 N–H and O–H groups in total. The lowest BCUT2D eigenvalue weighted by Gasteiger charge is -2.26. The number of anilines is 2. The molecule has 120 valence electrons. The zero-order valence-electron chi connectivity index (χ0n) is 12.9. The molecule has 1 aliphatic rings. The van der Waals surface area contributed by atoms with Crippen LogP contribution in [0.15, 0.2) is 42.7 Å². The van der Waals surface area contributed by atoms with Crippen LogP contribution in [0.5, 0.6) is 5.75 Å². The second-order valence-corrected chi connectivity index (χ2v) is 5.47. The van der Waals surface area contributed by atoms with E-state index in [0.717, 1.165) is 19.0 Å². The van der Waals surface area contributed by atoms with Crippen molar-refractivity contribution in [1.29, 1.82) is 0 Å². The van der Waals surface area contributed by atoms with Crippen molar-refractivity contribution in [2.24, 2.45) is 0 Å². The first-order valence-corrected chi connectivity index (χ1v) is 7.86. The lowest BCUT2D eigenvalue weighted by atomic mass is 10.1. The van der Waals surface area contributed by atoms with Gasteiger partial charge in [0.2, 0.25) is 5.95 Å². The van der Waals surface area contributed by atoms with Gasteiger partial charge in [-0.25, -0.2) is 9.97 Å². The fraction of sp³-hybridized carbons (Fsp3) is 0.353. The van der Waals surface area contributed by atoms with Crippen molar-refractivity contribution in [3.8, 4) is 5.75 Å². The lowest BCUT2D eigenvalue weighted by Crippen LogP contribution is -2.31. The third kappa shape index (κ3) is 4.42. The summed E-state index contributed by atoms with van der Waals surface area (Å²) in [6.07, 6.45) is 6.90. The van der Waals surface area contributed by atoms with E-state index in [9.17, 15) is 4.79 Å². The summed E-state index contributed by atoms with van der Waals surface area (Å²) in [5.41, 5.74) is 0.576. The Kier molecular flexibility index (Phi) is 5.03. The molecule has 0 radical (unpaired) electrons. The number of hydrogen-bond donors (Lipinski definition) is 1. The molecule has 0 saturated carbocycles. The smallest absolute Gasteiger partial charge is 0.262 e. The maximum atomic E-state index is 11.9. The van der Waals surface area contributed by atoms with E-state index in [4.69, 9.17) is 4.74 Å². The topological polar surface area (TPSA) is 67.3 Å². The summed E-state index contributed by atoms with van der Waals surface area (Å²) in [6.45, 7) is 1.95. The number of rotatable bonds is 5. The Morgan fingerprint density at radius 2 is 1.78 bits per heavy atom. The largest absolute Gasteiger partial charge is 0.484 e. The van der Waals surface area contributed by atoms with Crippen LogP contribution < -0.4 is 15.0 Å². The van der Waals surface area contributed by atoms with E-state index in [1.807, 2.05) is 30.3 Å². The summed E-state index contributed by atoms with van der Waals surface area (Å²) in [5.74, 6) is 1.16. The highest BCUT2D eigenvalue weighted by Crippen LogP contribution is 2.16. The molecule has 2 heterocycles. The molecule has 2 aromatic rings. The van der Waals surface area contributed by atoms with Gasteiger partial charge in [-0.15, -0.1) is 0 Å². The fourth-order valence-corrected chi connectivity index (χ4v) is 2.51. The molecule has 1 saturated heterocycles. The number of amides is 1. The number of ether oxygens (including phenoxy) is 1. The van der Waals surface area contributed by atoms with Gasteiger partial charge < -0.3 is 15.0 Å². The van der Waals surface area contributed by atoms with Crippen LogP contribution in [0.3, 0.4) is 0 Å². The minimum Gasteiger partial charge on any atom is -0.484 e. The number of hydrogen-bond acceptors (Lipinski definition) is 5. The molecule has 1 amide bonds. The number of nitrogens with one attached hydrogen (secondary N) is 1. The van der Waals surface area contributed by atoms with Crippen molar-refractivity contribution in [2.75, 3.05) is 29.9 Å². The van der Waals surface area contributed by atoms with Crippen molar-refractivity contribution in [3.05, 3.63) is 42.7 Å². The van der Waals surface area contributed by atoms with Crippen LogP contribution in [-0.4, -0.2) is 35.6 Å². The predicted molar refractivity (Wildman–Crippen MR) is 88.7 cm³/mol. The summed E-state index contributed by atoms with van der Waals surface area (Å²) in [7, 11) is 0. The van der Waals surface area contributed by atoms with E-state index in [-0.39, 0.29) is 12.5 Å². The van der Waals surface area contributed by atoms with Crippen molar-refractivity contribution in [3.63, 3.8) is 0 Å². The molecule has 1 fully saturated rings. The Bertz CT molecular complexity index is 625. The Morgan fingerprint density at radius 1 is 1.09 bits per heavy atom. The zero-order valence-corrected chi connectivity index (χ0v) is 12.9. The summed E-state index contributed by atoms with van der Waals surface area (Å²) in [4.78, 5) is 22.7. The number of piperidine rings is 1. The van der Waals surface area contributed by atoms with Gasteiger partial charge in [0.15, 0.2) is 6.61 Å². The van der Waals surface area contributed by atoms with Gasteiger partial charge in [0.1, 0.15) is 5.75 Å². The fourth-order valence-electron chi connectivity index (χ4n) is 2.51. The van der Waals surface area contributed by atoms with Crippen LogP contribution >= 0.6 is 0 Å². The van der Waals surface area contributed by atoms with Gasteiger partial charge in [0.25, 0.3) is 5.91 Å². The van der Waals surface area contributed by atoms with Crippen LogP contribution in [0.25, 0.3) is 0 Å². The Hall–Kier alpha value is -2.63. The van der Waals surface area contributed by atoms with Gasteiger partial charge in [-0.05, 0) is 31.4 Å². The van der Waals surface area contributed by atoms with E-state index in [0.29, 0.717) is 11.4 Å². The molecule has 0 unspecified atom stereocenters. The number of aromatic nitrogens is 2. The minimum absolute atomic E-state index is 0.0438. The molecule has 1 aliphatic heterocycles. The molecule has 0 spiro atoms. The number of nitrogens with zero attached hydrogens (tertiary/aromatic N) is 3. The maximum Gasteiger partial charge on any atom is 0.262 e. The highest BCUT2D eigenvalue weighted by molar-refractivity contribution is 5.91. The Balaban J connectivity index is 1.50. The minimum atomic E-state index is -0.233. The number of carbonyl (C=O) groups is 1. The van der Waals surface area contributed by atoms with Crippen molar-refractivity contribution < 1.29 is 9.53 Å². The molecule has 0 atom stereocenters. The first-order chi connectivity index (χ1) is 11.3. The van der Waals surface area contributed by atoms with Gasteiger partial charge >= 0.3 is 0 Å². The summed E-state index contributed by atoms with van der Waals surface area (Å²) < 4.78 is 5.40. The van der Waals surface area contributed by atoms with Crippen LogP contribution in [0.4, 0.5) is 11.6 Å². The maximum absolute atomic E-state index is 11.9. The van der Waals surface area contributed by atoms with Gasteiger partial charge in [-0.1, -0.05) is 18.2 Å². The standard InChI is InChI=1S/C17H20N4O2/c22-16(13-23-15-7-3-1-4-8-15)20-14-11-18-17(19-12-14)21-9-5-2-6-10-21/h1,3-4,7-8,11-12H,2,5-6,9-10,13H2,(H,20,22). The average molecular weight is 312 g/mol. The van der Waals surface area contributed by atoms with E-state index in [1.54, 1.807) is 12.4 Å². The third-order valence-electron chi connectivity index (χ3n) is 3.67. The summed E-state index contributed by atoms with van der Waals surface area (Å²) in [6, 6.07) is 9.24. The van der Waals surface area contributed by atoms with Crippen molar-refractivity contribution >= 4 is 17.5 Å². The Morgan fingerprint density at radius 3 is 2.48 bits per heavy atom. The molecule has 3 rings (SSSR count). The highest BCUT2D eigenvalue weighted by atomic mass is 16.5. The first-order valence-electron chi connectivity index (χ1n) is 7.86. The van der Waals surface area contributed by atoms with Crippen molar-refractivity contribution in [1.82, 2.24) is 9.97 Å². The van der Waals surface area contributed by atoms with E-state index >= 15 is 0 Å². The SMILES string of the molecule is O=C(COc1ccccc1)Nc1cnc(N2CCCCC2)nc1. The van der Waals surface area contributed by atoms with E-state index in [1.165, 1.54) is 19.3 Å². The van der Waals surface area contributed by atoms with Crippen LogP contribution in [-0.2, 0) is 4.79 Å². The molecule has 23 heavy (non-hydrogen) atoms. The van der Waals surface area contributed by atoms with Crippen LogP contribution in [0, 0.1) is 0 Å². The molecular weight excluding hydrogens is 292 g/mol. The normalized spacial score (nSPS) is 14.3. The quantitative estimate of drug-likeness (QED) is 0.918. The first kappa shape index (κ1) is 15.3. The van der Waals surface area contributed by atoms with Gasteiger partial charge in [-0.2, -0.15) is 0 Å². The summed E-state index contributed by atoms with van der Waals surface area (Å²) in [5, 5.41) is 2.73. The predicted octanol–water partition coefficient (Wildman–Crippen LogP) is 2.48. The highest BCUT2D eigenvalue weighted by Gasteiger charge is 2.13. The van der Waals surface area contributed by atoms with Crippen molar-refractivity contribution in [2.45, 2.75) is 19.3 Å². The second kappa shape index (κ2) is 7.58. The van der Waals surface area contributed by atoms with E-state index < -0.39 is 0 Å². The molecule has 6 heteroatoms. The van der Waals surface area contributed by atoms with Crippen LogP contribution in [0.2, 0.25) is 0 Å². The molecule has 1 aromatic heterocycles. The average Bonchev–Trinajstić information content (AvgIpc) is 2.62. The second-order valence-electron chi connectivity index (χ2n) is 5.47. The summed E-state index contributed by atoms with van der Waals surface area (Å²) >= 11 is 0. The van der Waals surface area contributed by atoms with Gasteiger partial charge in [0.05, 0.1) is 18.1 Å². The molecule has 1 aromatic carbocycles. The molecule has 0 bridgehead atoms. The monoisotopic (exact) mass is 312 g/mol. The molecule has 0 aliphatic carbocycles. The number of carbonyl (C=O) groups excluding carboxylic acids is 1.